The van der Waals surface area contributed by atoms with Crippen molar-refractivity contribution >= 4 is 39.2 Å². The molecule has 0 bridgehead atoms. The number of anilines is 1. The molecule has 19 heavy (non-hydrogen) atoms. The van der Waals surface area contributed by atoms with E-state index in [-0.39, 0.29) is 0 Å². The third-order valence-electron chi connectivity index (χ3n) is 2.19. The topological polar surface area (TPSA) is 24.4 Å². The molecule has 2 nitrogen and oxygen atoms in total. The summed E-state index contributed by atoms with van der Waals surface area (Å²) in [6, 6.07) is 8.48. The fraction of sp³-hybridized carbons (Fsp3) is 0.0833. The molecule has 1 aromatic carbocycles. The number of halogens is 4. The predicted octanol–water partition coefficient (Wildman–Crippen LogP) is 4.98. The van der Waals surface area contributed by atoms with Gasteiger partial charge < -0.3 is 0 Å². The second kappa shape index (κ2) is 5.75. The van der Waals surface area contributed by atoms with Crippen LogP contribution in [-0.4, -0.2) is 6.21 Å². The van der Waals surface area contributed by atoms with Crippen LogP contribution in [0.4, 0.5) is 18.9 Å². The molecule has 1 aromatic heterocycles. The van der Waals surface area contributed by atoms with Crippen molar-refractivity contribution in [1.82, 2.24) is 0 Å². The Morgan fingerprint density at radius 3 is 2.32 bits per heavy atom. The zero-order chi connectivity index (χ0) is 13.9. The van der Waals surface area contributed by atoms with Gasteiger partial charge in [0.25, 0.3) is 0 Å². The van der Waals surface area contributed by atoms with Crippen LogP contribution in [0.15, 0.2) is 45.3 Å². The molecule has 0 spiro atoms. The third-order valence-corrected chi connectivity index (χ3v) is 3.75. The average Bonchev–Trinajstić information content (AvgIpc) is 2.75. The number of benzene rings is 1. The highest BCUT2D eigenvalue weighted by atomic mass is 79.9. The summed E-state index contributed by atoms with van der Waals surface area (Å²) in [5, 5.41) is 3.95. The molecule has 100 valence electrons. The first kappa shape index (κ1) is 14.1. The van der Waals surface area contributed by atoms with Crippen molar-refractivity contribution in [2.24, 2.45) is 5.10 Å². The minimum Gasteiger partial charge on any atom is -0.278 e. The molecule has 2 aromatic rings. The molecule has 0 aliphatic carbocycles. The monoisotopic (exact) mass is 348 g/mol. The summed E-state index contributed by atoms with van der Waals surface area (Å²) in [6.07, 6.45) is -2.71. The van der Waals surface area contributed by atoms with Gasteiger partial charge in [-0.1, -0.05) is 0 Å². The molecule has 0 fully saturated rings. The van der Waals surface area contributed by atoms with Crippen LogP contribution in [0.1, 0.15) is 10.4 Å². The van der Waals surface area contributed by atoms with Gasteiger partial charge in [0, 0.05) is 4.88 Å². The van der Waals surface area contributed by atoms with Gasteiger partial charge in [-0.15, -0.1) is 11.3 Å². The molecule has 0 atom stereocenters. The standard InChI is InChI=1S/C12H8BrF3N2S/c13-11-6-5-10(19-11)7-17-18-9-3-1-8(2-4-9)12(14,15)16/h1-7,18H/b17-7+. The summed E-state index contributed by atoms with van der Waals surface area (Å²) < 4.78 is 38.0. The Labute approximate surface area is 120 Å². The van der Waals surface area contributed by atoms with Gasteiger partial charge in [-0.2, -0.15) is 18.3 Å². The zero-order valence-corrected chi connectivity index (χ0v) is 11.8. The van der Waals surface area contributed by atoms with Gasteiger partial charge in [0.2, 0.25) is 0 Å². The minimum atomic E-state index is -4.31. The summed E-state index contributed by atoms with van der Waals surface area (Å²) >= 11 is 4.83. The fourth-order valence-electron chi connectivity index (χ4n) is 1.30. The number of rotatable bonds is 3. The SMILES string of the molecule is FC(F)(F)c1ccc(N/N=C/c2ccc(Br)s2)cc1. The third kappa shape index (κ3) is 4.07. The maximum atomic E-state index is 12.3. The van der Waals surface area contributed by atoms with E-state index in [1.165, 1.54) is 23.5 Å². The van der Waals surface area contributed by atoms with E-state index < -0.39 is 11.7 Å². The minimum absolute atomic E-state index is 0.500. The van der Waals surface area contributed by atoms with Crippen molar-refractivity contribution in [1.29, 1.82) is 0 Å². The van der Waals surface area contributed by atoms with E-state index in [4.69, 9.17) is 0 Å². The quantitative estimate of drug-likeness (QED) is 0.614. The van der Waals surface area contributed by atoms with Gasteiger partial charge in [0.1, 0.15) is 0 Å². The van der Waals surface area contributed by atoms with Crippen LogP contribution in [0, 0.1) is 0 Å². The van der Waals surface area contributed by atoms with Crippen LogP contribution in [-0.2, 0) is 6.18 Å². The summed E-state index contributed by atoms with van der Waals surface area (Å²) in [5.74, 6) is 0. The lowest BCUT2D eigenvalue weighted by atomic mass is 10.2. The number of hydrazone groups is 1. The molecule has 0 unspecified atom stereocenters. The lowest BCUT2D eigenvalue weighted by Crippen LogP contribution is -2.04. The van der Waals surface area contributed by atoms with Crippen molar-refractivity contribution in [2.75, 3.05) is 5.43 Å². The van der Waals surface area contributed by atoms with E-state index in [0.29, 0.717) is 5.69 Å². The van der Waals surface area contributed by atoms with Gasteiger partial charge in [-0.05, 0) is 52.3 Å². The first-order chi connectivity index (χ1) is 8.95. The summed E-state index contributed by atoms with van der Waals surface area (Å²) in [5.41, 5.74) is 2.50. The number of nitrogens with one attached hydrogen (secondary N) is 1. The second-order valence-electron chi connectivity index (χ2n) is 3.59. The number of thiophene rings is 1. The Hall–Kier alpha value is -1.34. The Balaban J connectivity index is 1.98. The van der Waals surface area contributed by atoms with Gasteiger partial charge in [-0.25, -0.2) is 0 Å². The first-order valence-corrected chi connectivity index (χ1v) is 6.78. The van der Waals surface area contributed by atoms with E-state index in [2.05, 4.69) is 26.5 Å². The molecular formula is C12H8BrF3N2S. The van der Waals surface area contributed by atoms with E-state index in [1.54, 1.807) is 6.21 Å². The molecule has 1 N–H and O–H groups in total. The molecule has 7 heteroatoms. The van der Waals surface area contributed by atoms with Crippen molar-refractivity contribution in [2.45, 2.75) is 6.18 Å². The second-order valence-corrected chi connectivity index (χ2v) is 6.08. The maximum absolute atomic E-state index is 12.3. The number of hydrogen-bond acceptors (Lipinski definition) is 3. The number of hydrogen-bond donors (Lipinski definition) is 1. The summed E-state index contributed by atoms with van der Waals surface area (Å²) in [6.45, 7) is 0. The zero-order valence-electron chi connectivity index (χ0n) is 9.41. The van der Waals surface area contributed by atoms with E-state index in [0.717, 1.165) is 20.8 Å². The van der Waals surface area contributed by atoms with Crippen molar-refractivity contribution in [3.05, 3.63) is 50.6 Å². The van der Waals surface area contributed by atoms with Crippen LogP contribution in [0.25, 0.3) is 0 Å². The molecule has 0 aliphatic rings. The summed E-state index contributed by atoms with van der Waals surface area (Å²) in [7, 11) is 0. The molecule has 1 heterocycles. The molecular weight excluding hydrogens is 341 g/mol. The number of nitrogens with zero attached hydrogens (tertiary/aromatic N) is 1. The Morgan fingerprint density at radius 2 is 1.79 bits per heavy atom. The number of alkyl halides is 3. The molecule has 0 saturated carbocycles. The van der Waals surface area contributed by atoms with Crippen LogP contribution in [0.2, 0.25) is 0 Å². The predicted molar refractivity (Wildman–Crippen MR) is 74.7 cm³/mol. The smallest absolute Gasteiger partial charge is 0.278 e. The van der Waals surface area contributed by atoms with Gasteiger partial charge in [-0.3, -0.25) is 5.43 Å². The van der Waals surface area contributed by atoms with Gasteiger partial charge in [0.15, 0.2) is 0 Å². The highest BCUT2D eigenvalue weighted by molar-refractivity contribution is 9.11. The Morgan fingerprint density at radius 1 is 1.11 bits per heavy atom. The van der Waals surface area contributed by atoms with Crippen LogP contribution >= 0.6 is 27.3 Å². The Bertz CT molecular complexity index is 575. The fourth-order valence-corrected chi connectivity index (χ4v) is 2.60. The average molecular weight is 349 g/mol. The van der Waals surface area contributed by atoms with Gasteiger partial charge in [0.05, 0.1) is 21.3 Å². The Kier molecular flexibility index (Phi) is 4.26. The van der Waals surface area contributed by atoms with E-state index in [9.17, 15) is 13.2 Å². The molecule has 2 rings (SSSR count). The van der Waals surface area contributed by atoms with E-state index in [1.807, 2.05) is 12.1 Å². The lowest BCUT2D eigenvalue weighted by Gasteiger charge is -2.06. The highest BCUT2D eigenvalue weighted by Crippen LogP contribution is 2.29. The molecule has 0 amide bonds. The first-order valence-electron chi connectivity index (χ1n) is 5.17. The highest BCUT2D eigenvalue weighted by Gasteiger charge is 2.29. The maximum Gasteiger partial charge on any atom is 0.416 e. The lowest BCUT2D eigenvalue weighted by molar-refractivity contribution is -0.137. The van der Waals surface area contributed by atoms with Crippen LogP contribution in [0.3, 0.4) is 0 Å². The normalized spacial score (nSPS) is 12.0. The van der Waals surface area contributed by atoms with Gasteiger partial charge >= 0.3 is 6.18 Å². The van der Waals surface area contributed by atoms with Crippen molar-refractivity contribution < 1.29 is 13.2 Å². The van der Waals surface area contributed by atoms with E-state index >= 15 is 0 Å². The van der Waals surface area contributed by atoms with Crippen LogP contribution < -0.4 is 5.43 Å². The largest absolute Gasteiger partial charge is 0.416 e. The van der Waals surface area contributed by atoms with Crippen LogP contribution in [0.5, 0.6) is 0 Å². The van der Waals surface area contributed by atoms with Crippen molar-refractivity contribution in [3.63, 3.8) is 0 Å². The molecule has 0 aliphatic heterocycles. The summed E-state index contributed by atoms with van der Waals surface area (Å²) in [4.78, 5) is 0.936. The molecule has 0 saturated heterocycles. The van der Waals surface area contributed by atoms with Crippen molar-refractivity contribution in [3.8, 4) is 0 Å². The molecule has 0 radical (unpaired) electrons.